The summed E-state index contributed by atoms with van der Waals surface area (Å²) in [6.45, 7) is 6.03. The molecule has 128 valence electrons. The molecule has 23 heavy (non-hydrogen) atoms. The zero-order valence-corrected chi connectivity index (χ0v) is 14.0. The quantitative estimate of drug-likeness (QED) is 0.644. The van der Waals surface area contributed by atoms with Gasteiger partial charge in [-0.3, -0.25) is 9.59 Å². The number of benzene rings is 1. The smallest absolute Gasteiger partial charge is 0.306 e. The van der Waals surface area contributed by atoms with Crippen LogP contribution in [0.2, 0.25) is 0 Å². The van der Waals surface area contributed by atoms with Crippen molar-refractivity contribution in [3.05, 3.63) is 35.6 Å². The van der Waals surface area contributed by atoms with Crippen molar-refractivity contribution in [3.63, 3.8) is 0 Å². The van der Waals surface area contributed by atoms with Crippen molar-refractivity contribution < 1.29 is 23.5 Å². The van der Waals surface area contributed by atoms with Crippen molar-refractivity contribution in [2.45, 2.75) is 59.2 Å². The van der Waals surface area contributed by atoms with Gasteiger partial charge in [0.15, 0.2) is 0 Å². The van der Waals surface area contributed by atoms with E-state index in [1.165, 1.54) is 12.1 Å². The van der Waals surface area contributed by atoms with E-state index >= 15 is 0 Å². The van der Waals surface area contributed by atoms with Crippen LogP contribution in [0.25, 0.3) is 0 Å². The van der Waals surface area contributed by atoms with Crippen LogP contribution in [0.15, 0.2) is 24.3 Å². The molecule has 0 aromatic heterocycles. The average Bonchev–Trinajstić information content (AvgIpc) is 2.50. The second kappa shape index (κ2) is 9.98. The number of hydrogen-bond acceptors (Lipinski definition) is 4. The third-order valence-corrected chi connectivity index (χ3v) is 3.42. The Hall–Kier alpha value is -1.91. The van der Waals surface area contributed by atoms with Gasteiger partial charge in [0.25, 0.3) is 0 Å². The summed E-state index contributed by atoms with van der Waals surface area (Å²) in [6, 6.07) is 5.85. The van der Waals surface area contributed by atoms with Crippen LogP contribution >= 0.6 is 0 Å². The number of carbonyl (C=O) groups excluding carboxylic acids is 2. The van der Waals surface area contributed by atoms with Crippen LogP contribution in [0.5, 0.6) is 0 Å². The maximum absolute atomic E-state index is 13.0. The van der Waals surface area contributed by atoms with Crippen molar-refractivity contribution in [2.24, 2.45) is 5.92 Å². The molecule has 5 heteroatoms. The predicted octanol–water partition coefficient (Wildman–Crippen LogP) is 4.02. The van der Waals surface area contributed by atoms with Crippen molar-refractivity contribution in [3.8, 4) is 0 Å². The molecule has 0 aliphatic carbocycles. The minimum Gasteiger partial charge on any atom is -0.462 e. The first-order valence-electron chi connectivity index (χ1n) is 8.02. The molecule has 0 heterocycles. The molecule has 0 bridgehead atoms. The maximum Gasteiger partial charge on any atom is 0.306 e. The molecule has 0 spiro atoms. The highest BCUT2D eigenvalue weighted by molar-refractivity contribution is 5.77. The Balaban J connectivity index is 2.30. The molecular formula is C18H25FO4. The SMILES string of the molecule is CCCC(OC(=O)CCC(=O)OCc1cccc(F)c1)C(C)C. The fourth-order valence-corrected chi connectivity index (χ4v) is 2.11. The first kappa shape index (κ1) is 19.1. The molecule has 0 radical (unpaired) electrons. The van der Waals surface area contributed by atoms with Crippen LogP contribution in [-0.2, 0) is 25.7 Å². The number of rotatable bonds is 9. The van der Waals surface area contributed by atoms with Crippen LogP contribution in [-0.4, -0.2) is 18.0 Å². The molecule has 0 N–H and O–H groups in total. The molecule has 0 aliphatic rings. The second-order valence-corrected chi connectivity index (χ2v) is 5.85. The van der Waals surface area contributed by atoms with E-state index in [4.69, 9.17) is 9.47 Å². The van der Waals surface area contributed by atoms with Gasteiger partial charge in [-0.25, -0.2) is 4.39 Å². The van der Waals surface area contributed by atoms with E-state index in [2.05, 4.69) is 0 Å². The van der Waals surface area contributed by atoms with Gasteiger partial charge < -0.3 is 9.47 Å². The van der Waals surface area contributed by atoms with E-state index in [-0.39, 0.29) is 43.3 Å². The molecule has 1 atom stereocenters. The van der Waals surface area contributed by atoms with E-state index in [0.29, 0.717) is 5.56 Å². The standard InChI is InChI=1S/C18H25FO4/c1-4-6-16(13(2)3)23-18(21)10-9-17(20)22-12-14-7-5-8-15(19)11-14/h5,7-8,11,13,16H,4,6,9-10,12H2,1-3H3. The molecule has 1 rings (SSSR count). The Labute approximate surface area is 137 Å². The van der Waals surface area contributed by atoms with Gasteiger partial charge in [0.1, 0.15) is 18.5 Å². The van der Waals surface area contributed by atoms with Gasteiger partial charge >= 0.3 is 11.9 Å². The monoisotopic (exact) mass is 324 g/mol. The highest BCUT2D eigenvalue weighted by Crippen LogP contribution is 2.14. The molecule has 0 saturated carbocycles. The summed E-state index contributed by atoms with van der Waals surface area (Å²) in [4.78, 5) is 23.4. The highest BCUT2D eigenvalue weighted by atomic mass is 19.1. The van der Waals surface area contributed by atoms with Crippen LogP contribution in [0, 0.1) is 11.7 Å². The van der Waals surface area contributed by atoms with Gasteiger partial charge in [0, 0.05) is 0 Å². The lowest BCUT2D eigenvalue weighted by atomic mass is 10.0. The van der Waals surface area contributed by atoms with E-state index in [1.54, 1.807) is 12.1 Å². The number of esters is 2. The van der Waals surface area contributed by atoms with Gasteiger partial charge in [-0.2, -0.15) is 0 Å². The summed E-state index contributed by atoms with van der Waals surface area (Å²) in [5.74, 6) is -1.01. The summed E-state index contributed by atoms with van der Waals surface area (Å²) < 4.78 is 23.4. The van der Waals surface area contributed by atoms with Crippen LogP contribution in [0.1, 0.15) is 52.0 Å². The molecular weight excluding hydrogens is 299 g/mol. The maximum atomic E-state index is 13.0. The molecule has 1 unspecified atom stereocenters. The summed E-state index contributed by atoms with van der Waals surface area (Å²) in [7, 11) is 0. The van der Waals surface area contributed by atoms with Crippen LogP contribution in [0.4, 0.5) is 4.39 Å². The van der Waals surface area contributed by atoms with Gasteiger partial charge in [-0.1, -0.05) is 39.3 Å². The van der Waals surface area contributed by atoms with Crippen molar-refractivity contribution in [1.29, 1.82) is 0 Å². The van der Waals surface area contributed by atoms with Crippen molar-refractivity contribution in [1.82, 2.24) is 0 Å². The lowest BCUT2D eigenvalue weighted by Gasteiger charge is -2.20. The van der Waals surface area contributed by atoms with Gasteiger partial charge in [-0.05, 0) is 30.0 Å². The Kier molecular flexibility index (Phi) is 8.30. The summed E-state index contributed by atoms with van der Waals surface area (Å²) >= 11 is 0. The molecule has 0 amide bonds. The Morgan fingerprint density at radius 1 is 1.17 bits per heavy atom. The number of carbonyl (C=O) groups is 2. The molecule has 0 saturated heterocycles. The summed E-state index contributed by atoms with van der Waals surface area (Å²) in [6.07, 6.45) is 1.59. The number of hydrogen-bond donors (Lipinski definition) is 0. The van der Waals surface area contributed by atoms with Crippen molar-refractivity contribution >= 4 is 11.9 Å². The summed E-state index contributed by atoms with van der Waals surface area (Å²) in [5.41, 5.74) is 0.573. The largest absolute Gasteiger partial charge is 0.462 e. The van der Waals surface area contributed by atoms with Crippen LogP contribution in [0.3, 0.4) is 0 Å². The molecule has 4 nitrogen and oxygen atoms in total. The zero-order valence-electron chi connectivity index (χ0n) is 14.0. The second-order valence-electron chi connectivity index (χ2n) is 5.85. The minimum atomic E-state index is -0.497. The first-order valence-corrected chi connectivity index (χ1v) is 8.02. The van der Waals surface area contributed by atoms with Crippen LogP contribution < -0.4 is 0 Å². The lowest BCUT2D eigenvalue weighted by molar-refractivity contribution is -0.156. The number of ether oxygens (including phenoxy) is 2. The van der Waals surface area contributed by atoms with E-state index in [0.717, 1.165) is 12.8 Å². The fourth-order valence-electron chi connectivity index (χ4n) is 2.11. The Morgan fingerprint density at radius 3 is 2.48 bits per heavy atom. The fraction of sp³-hybridized carbons (Fsp3) is 0.556. The zero-order chi connectivity index (χ0) is 17.2. The average molecular weight is 324 g/mol. The van der Waals surface area contributed by atoms with Gasteiger partial charge in [-0.15, -0.1) is 0 Å². The molecule has 0 aliphatic heterocycles. The third-order valence-electron chi connectivity index (χ3n) is 3.42. The topological polar surface area (TPSA) is 52.6 Å². The van der Waals surface area contributed by atoms with E-state index in [9.17, 15) is 14.0 Å². The first-order chi connectivity index (χ1) is 10.9. The van der Waals surface area contributed by atoms with Gasteiger partial charge in [0.05, 0.1) is 12.8 Å². The Bertz CT molecular complexity index is 513. The molecule has 0 fully saturated rings. The predicted molar refractivity (Wildman–Crippen MR) is 85.1 cm³/mol. The highest BCUT2D eigenvalue weighted by Gasteiger charge is 2.18. The van der Waals surface area contributed by atoms with E-state index < -0.39 is 5.97 Å². The minimum absolute atomic E-state index is 0.00387. The normalized spacial score (nSPS) is 12.0. The van der Waals surface area contributed by atoms with E-state index in [1.807, 2.05) is 20.8 Å². The lowest BCUT2D eigenvalue weighted by Crippen LogP contribution is -2.24. The van der Waals surface area contributed by atoms with Gasteiger partial charge in [0.2, 0.25) is 0 Å². The Morgan fingerprint density at radius 2 is 1.87 bits per heavy atom. The third kappa shape index (κ3) is 7.77. The van der Waals surface area contributed by atoms with Crippen molar-refractivity contribution in [2.75, 3.05) is 0 Å². The number of halogens is 1. The molecule has 1 aromatic carbocycles. The molecule has 1 aromatic rings. The summed E-state index contributed by atoms with van der Waals surface area (Å²) in [5, 5.41) is 0.